The number of aliphatic hydroxyl groups excluding tert-OH is 2. The maximum absolute atomic E-state index is 15.4. The Balaban J connectivity index is 0.733. The fourth-order valence-electron chi connectivity index (χ4n) is 9.17. The van der Waals surface area contributed by atoms with Crippen LogP contribution in [-0.2, 0) is 30.4 Å². The van der Waals surface area contributed by atoms with Gasteiger partial charge in [0.1, 0.15) is 40.7 Å². The van der Waals surface area contributed by atoms with E-state index in [-0.39, 0.29) is 57.3 Å². The third-order valence-electron chi connectivity index (χ3n) is 13.3. The second kappa shape index (κ2) is 25.0. The van der Waals surface area contributed by atoms with Crippen molar-refractivity contribution in [2.24, 2.45) is 10.4 Å². The van der Waals surface area contributed by atoms with E-state index in [0.717, 1.165) is 48.3 Å². The zero-order valence-corrected chi connectivity index (χ0v) is 46.1. The molecule has 404 valence electrons. The summed E-state index contributed by atoms with van der Waals surface area (Å²) in [4.78, 5) is 54.1. The average Bonchev–Trinajstić information content (AvgIpc) is 4.16. The fraction of sp³-hybridized carbons (Fsp3) is 0.436. The topological polar surface area (TPSA) is 215 Å². The highest BCUT2D eigenvalue weighted by molar-refractivity contribution is 7.15. The van der Waals surface area contributed by atoms with E-state index in [2.05, 4.69) is 45.0 Å². The molecule has 0 radical (unpaired) electrons. The van der Waals surface area contributed by atoms with Crippen LogP contribution in [0.5, 0.6) is 5.75 Å². The van der Waals surface area contributed by atoms with Crippen LogP contribution in [0.2, 0.25) is 5.02 Å². The molecule has 5 heterocycles. The number of fused-ring (bicyclic) bond motifs is 3. The molecule has 2 aliphatic heterocycles. The van der Waals surface area contributed by atoms with Gasteiger partial charge in [0.05, 0.1) is 59.3 Å². The van der Waals surface area contributed by atoms with Crippen LogP contribution >= 0.6 is 34.3 Å². The van der Waals surface area contributed by atoms with Crippen molar-refractivity contribution < 1.29 is 43.2 Å². The Hall–Kier alpha value is -5.97. The molecule has 3 aromatic heterocycles. The Labute approximate surface area is 454 Å². The number of nitrogens with one attached hydrogen (secondary N) is 3. The van der Waals surface area contributed by atoms with Gasteiger partial charge in [-0.15, -0.1) is 32.9 Å². The highest BCUT2D eigenvalue weighted by Crippen LogP contribution is 2.40. The number of thiazole rings is 1. The number of aromatic nitrogens is 4. The maximum Gasteiger partial charge on any atom is 0.243 e. The van der Waals surface area contributed by atoms with Crippen molar-refractivity contribution in [2.75, 3.05) is 44.9 Å². The number of thiophene rings is 1. The monoisotopic (exact) mass is 1100 g/mol. The molecule has 3 amide bonds. The minimum atomic E-state index is -1.19. The second-order valence-electron chi connectivity index (χ2n) is 20.1. The van der Waals surface area contributed by atoms with Crippen molar-refractivity contribution in [2.45, 2.75) is 111 Å². The molecule has 1 saturated heterocycles. The number of aliphatic imine (C=N–C) groups is 1. The van der Waals surface area contributed by atoms with Gasteiger partial charge < -0.3 is 40.0 Å². The maximum atomic E-state index is 15.4. The quantitative estimate of drug-likeness (QED) is 0.0322. The Morgan fingerprint density at radius 2 is 1.64 bits per heavy atom. The van der Waals surface area contributed by atoms with Crippen molar-refractivity contribution in [3.63, 3.8) is 0 Å². The minimum absolute atomic E-state index is 0.00230. The molecule has 2 aliphatic rings. The number of hydrogen-bond donors (Lipinski definition) is 5. The summed E-state index contributed by atoms with van der Waals surface area (Å²) in [5.41, 5.74) is 7.62. The average molecular weight is 1100 g/mol. The van der Waals surface area contributed by atoms with Crippen LogP contribution in [0, 0.1) is 38.9 Å². The smallest absolute Gasteiger partial charge is 0.243 e. The molecule has 17 nitrogen and oxygen atoms in total. The minimum Gasteiger partial charge on any atom is -0.493 e. The number of ether oxygens (including phenoxy) is 3. The summed E-state index contributed by atoms with van der Waals surface area (Å²) in [5, 5.41) is 40.5. The van der Waals surface area contributed by atoms with Crippen LogP contribution in [0.1, 0.15) is 97.0 Å². The van der Waals surface area contributed by atoms with Crippen LogP contribution in [-0.4, -0.2) is 122 Å². The number of carbonyl (C=O) groups is 3. The van der Waals surface area contributed by atoms with E-state index in [1.165, 1.54) is 17.0 Å². The van der Waals surface area contributed by atoms with Gasteiger partial charge in [-0.25, -0.2) is 9.37 Å². The highest BCUT2D eigenvalue weighted by atomic mass is 35.5. The van der Waals surface area contributed by atoms with E-state index in [1.54, 1.807) is 40.9 Å². The third kappa shape index (κ3) is 13.6. The van der Waals surface area contributed by atoms with Gasteiger partial charge in [-0.05, 0) is 80.5 Å². The molecule has 0 spiro atoms. The first-order valence-electron chi connectivity index (χ1n) is 25.3. The molecule has 5 N–H and O–H groups in total. The molecule has 3 aromatic carbocycles. The molecule has 1 unspecified atom stereocenters. The first kappa shape index (κ1) is 56.2. The van der Waals surface area contributed by atoms with E-state index in [0.29, 0.717) is 54.2 Å². The number of benzene rings is 3. The number of hydrogen-bond acceptors (Lipinski definition) is 15. The van der Waals surface area contributed by atoms with Gasteiger partial charge in [0.25, 0.3) is 0 Å². The number of amides is 3. The summed E-state index contributed by atoms with van der Waals surface area (Å²) in [6.07, 6.45) is -1.00. The summed E-state index contributed by atoms with van der Waals surface area (Å²) in [7, 11) is 0. The molecule has 21 heteroatoms. The molecule has 5 atom stereocenters. The van der Waals surface area contributed by atoms with Crippen molar-refractivity contribution in [3.8, 4) is 21.2 Å². The Bertz CT molecular complexity index is 3030. The van der Waals surface area contributed by atoms with Gasteiger partial charge in [-0.2, -0.15) is 0 Å². The number of nitrogens with zero attached hydrogens (tertiary/aromatic N) is 6. The molecule has 76 heavy (non-hydrogen) atoms. The largest absolute Gasteiger partial charge is 0.493 e. The van der Waals surface area contributed by atoms with E-state index < -0.39 is 53.5 Å². The first-order chi connectivity index (χ1) is 36.4. The highest BCUT2D eigenvalue weighted by Gasteiger charge is 2.44. The predicted molar refractivity (Wildman–Crippen MR) is 292 cm³/mol. The third-order valence-corrected chi connectivity index (χ3v) is 15.7. The van der Waals surface area contributed by atoms with Crippen LogP contribution in [0.25, 0.3) is 15.4 Å². The Morgan fingerprint density at radius 3 is 2.34 bits per heavy atom. The van der Waals surface area contributed by atoms with Crippen LogP contribution in [0.15, 0.2) is 77.2 Å². The number of anilines is 1. The van der Waals surface area contributed by atoms with Crippen molar-refractivity contribution in [1.82, 2.24) is 35.3 Å². The number of β-amino-alcohol motifs (C(OH)–C–C–N with tert-alkyl or cyclic N) is 1. The van der Waals surface area contributed by atoms with Crippen molar-refractivity contribution in [1.29, 1.82) is 0 Å². The lowest BCUT2D eigenvalue weighted by Crippen LogP contribution is -2.59. The first-order valence-corrected chi connectivity index (χ1v) is 27.4. The normalized spacial score (nSPS) is 17.1. The van der Waals surface area contributed by atoms with Crippen molar-refractivity contribution >= 4 is 63.4 Å². The predicted octanol–water partition coefficient (Wildman–Crippen LogP) is 8.19. The Morgan fingerprint density at radius 1 is 0.934 bits per heavy atom. The molecule has 1 fully saturated rings. The lowest BCUT2D eigenvalue weighted by Gasteiger charge is -2.36. The van der Waals surface area contributed by atoms with Crippen LogP contribution in [0.4, 0.5) is 10.1 Å². The number of halogens is 2. The summed E-state index contributed by atoms with van der Waals surface area (Å²) in [6, 6.07) is 17.1. The number of aliphatic hydroxyl groups is 2. The van der Waals surface area contributed by atoms with E-state index >= 15 is 4.39 Å². The van der Waals surface area contributed by atoms with Crippen molar-refractivity contribution in [3.05, 3.63) is 128 Å². The number of rotatable bonds is 22. The number of aryl methyl sites for hydroxylation is 3. The standard InChI is InChI=1S/C55H65ClFN9O8S2/c1-31-33(3)76-54-47(31)48(36-14-16-38(56)17-15-36)61-43(51-64-63-34(4)66(51)54)26-45(68)60-42-19-18-40(25-41(42)57)74-23-9-21-72-20-8-22-73-29-46(69)62-50(55(5,6)7)53(71)65-28-39(67)24-44(65)52(70)58-27-35-10-12-37(13-11-35)49-32(2)59-30-75-49/h10-19,25,30,39,43-44,46,50,62,67,69H,8-9,20-24,26-29H2,1-7H3,(H,58,70)(H,60,68)/t39-,43+,44+,46?,50-/m1/s1. The lowest BCUT2D eigenvalue weighted by molar-refractivity contribution is -0.143. The molecule has 0 aliphatic carbocycles. The Kier molecular flexibility index (Phi) is 18.5. The summed E-state index contributed by atoms with van der Waals surface area (Å²) in [6.45, 7) is 15.0. The van der Waals surface area contributed by atoms with Gasteiger partial charge in [0.2, 0.25) is 17.7 Å². The molecule has 0 saturated carbocycles. The number of carbonyl (C=O) groups excluding carboxylic acids is 3. The van der Waals surface area contributed by atoms with E-state index in [4.69, 9.17) is 30.8 Å². The van der Waals surface area contributed by atoms with Crippen LogP contribution in [0.3, 0.4) is 0 Å². The second-order valence-corrected chi connectivity index (χ2v) is 22.6. The summed E-state index contributed by atoms with van der Waals surface area (Å²) in [5.74, 6) is -0.388. The van der Waals surface area contributed by atoms with Gasteiger partial charge >= 0.3 is 0 Å². The zero-order chi connectivity index (χ0) is 54.3. The van der Waals surface area contributed by atoms with E-state index in [1.807, 2.05) is 81.1 Å². The fourth-order valence-corrected chi connectivity index (χ4v) is 11.3. The zero-order valence-electron chi connectivity index (χ0n) is 43.7. The molecular formula is C55H65ClFN9O8S2. The van der Waals surface area contributed by atoms with Crippen LogP contribution < -0.4 is 20.7 Å². The number of likely N-dealkylation sites (tertiary alicyclic amines) is 1. The summed E-state index contributed by atoms with van der Waals surface area (Å²) < 4.78 is 34.5. The van der Waals surface area contributed by atoms with Gasteiger partial charge in [-0.1, -0.05) is 68.8 Å². The van der Waals surface area contributed by atoms with Gasteiger partial charge in [0, 0.05) is 72.8 Å². The molecule has 8 rings (SSSR count). The van der Waals surface area contributed by atoms with E-state index in [9.17, 15) is 24.6 Å². The molecular weight excluding hydrogens is 1030 g/mol. The molecule has 0 bridgehead atoms. The summed E-state index contributed by atoms with van der Waals surface area (Å²) >= 11 is 9.42. The molecule has 6 aromatic rings. The SMILES string of the molecule is Cc1ncsc1-c1ccc(CNC(=O)[C@@H]2C[C@@H](O)CN2C(=O)[C@@H](NC(O)COCCCOCCCOc2ccc(NC(=O)C[C@@H]3N=C(c4ccc(Cl)cc4)c4c(sc(C)c4C)-n4c(C)nnc43)c(F)c2)C(C)(C)C)cc1. The van der Waals surface area contributed by atoms with Gasteiger partial charge in [-0.3, -0.25) is 29.3 Å². The van der Waals surface area contributed by atoms with Gasteiger partial charge in [0.15, 0.2) is 5.82 Å². The lowest BCUT2D eigenvalue weighted by atomic mass is 9.85.